The highest BCUT2D eigenvalue weighted by molar-refractivity contribution is 9.09. The molecule has 2 rings (SSSR count). The van der Waals surface area contributed by atoms with E-state index in [4.69, 9.17) is 9.47 Å². The molecule has 4 unspecified atom stereocenters. The van der Waals surface area contributed by atoms with Gasteiger partial charge in [-0.15, -0.1) is 0 Å². The highest BCUT2D eigenvalue weighted by atomic mass is 79.9. The van der Waals surface area contributed by atoms with Crippen LogP contribution in [0.25, 0.3) is 0 Å². The van der Waals surface area contributed by atoms with Crippen molar-refractivity contribution in [3.8, 4) is 0 Å². The summed E-state index contributed by atoms with van der Waals surface area (Å²) < 4.78 is 11.7. The molecule has 4 atom stereocenters. The van der Waals surface area contributed by atoms with E-state index >= 15 is 0 Å². The summed E-state index contributed by atoms with van der Waals surface area (Å²) in [5.41, 5.74) is -0.449. The summed E-state index contributed by atoms with van der Waals surface area (Å²) in [6, 6.07) is 0. The Morgan fingerprint density at radius 1 is 1.14 bits per heavy atom. The fourth-order valence-electron chi connectivity index (χ4n) is 3.05. The van der Waals surface area contributed by atoms with Crippen molar-refractivity contribution in [3.05, 3.63) is 0 Å². The van der Waals surface area contributed by atoms with Gasteiger partial charge in [0.2, 0.25) is 0 Å². The second kappa shape index (κ2) is 6.86. The van der Waals surface area contributed by atoms with Crippen LogP contribution in [0.15, 0.2) is 0 Å². The van der Waals surface area contributed by atoms with E-state index in [0.717, 1.165) is 6.42 Å². The van der Waals surface area contributed by atoms with E-state index in [2.05, 4.69) is 22.9 Å². The normalized spacial score (nSPS) is 34.0. The lowest BCUT2D eigenvalue weighted by Crippen LogP contribution is -2.37. The zero-order valence-electron chi connectivity index (χ0n) is 13.6. The van der Waals surface area contributed by atoms with Crippen LogP contribution in [-0.2, 0) is 9.47 Å². The molecule has 1 aliphatic heterocycles. The fraction of sp³-hybridized carbons (Fsp3) is 0.938. The van der Waals surface area contributed by atoms with Crippen molar-refractivity contribution in [2.75, 3.05) is 13.1 Å². The number of alkyl halides is 1. The van der Waals surface area contributed by atoms with Gasteiger partial charge in [-0.05, 0) is 39.5 Å². The maximum absolute atomic E-state index is 12.1. The molecule has 0 aromatic carbocycles. The van der Waals surface area contributed by atoms with Gasteiger partial charge in [0.05, 0.1) is 23.6 Å². The van der Waals surface area contributed by atoms with Gasteiger partial charge in [0.15, 0.2) is 0 Å². The van der Waals surface area contributed by atoms with Gasteiger partial charge in [-0.1, -0.05) is 35.7 Å². The summed E-state index contributed by atoms with van der Waals surface area (Å²) in [5.74, 6) is 0.619. The van der Waals surface area contributed by atoms with Gasteiger partial charge in [0.1, 0.15) is 5.60 Å². The zero-order chi connectivity index (χ0) is 15.6. The maximum atomic E-state index is 12.1. The molecular weight excluding hydrogens is 334 g/mol. The highest BCUT2D eigenvalue weighted by Crippen LogP contribution is 2.31. The molecule has 5 heteroatoms. The molecule has 0 spiro atoms. The Morgan fingerprint density at radius 3 is 2.43 bits per heavy atom. The van der Waals surface area contributed by atoms with Crippen molar-refractivity contribution in [2.45, 2.75) is 76.0 Å². The SMILES string of the molecule is CC1CCCCC1OC1CN(C(=O)OC(C)(C)C)CC1Br. The first-order chi connectivity index (χ1) is 9.76. The Labute approximate surface area is 136 Å². The zero-order valence-corrected chi connectivity index (χ0v) is 15.2. The van der Waals surface area contributed by atoms with E-state index in [1.54, 1.807) is 4.90 Å². The van der Waals surface area contributed by atoms with Gasteiger partial charge in [-0.3, -0.25) is 0 Å². The number of hydrogen-bond acceptors (Lipinski definition) is 3. The average Bonchev–Trinajstić information content (AvgIpc) is 2.72. The first-order valence-corrected chi connectivity index (χ1v) is 8.95. The molecule has 1 heterocycles. The van der Waals surface area contributed by atoms with E-state index in [9.17, 15) is 4.79 Å². The minimum Gasteiger partial charge on any atom is -0.444 e. The molecule has 0 aromatic rings. The van der Waals surface area contributed by atoms with Gasteiger partial charge < -0.3 is 14.4 Å². The number of ether oxygens (including phenoxy) is 2. The molecule has 2 fully saturated rings. The maximum Gasteiger partial charge on any atom is 0.410 e. The van der Waals surface area contributed by atoms with Crippen LogP contribution in [0.3, 0.4) is 0 Å². The quantitative estimate of drug-likeness (QED) is 0.698. The number of likely N-dealkylation sites (tertiary alicyclic amines) is 1. The lowest BCUT2D eigenvalue weighted by Gasteiger charge is -2.32. The van der Waals surface area contributed by atoms with Crippen LogP contribution in [0.4, 0.5) is 4.79 Å². The number of halogens is 1. The highest BCUT2D eigenvalue weighted by Gasteiger charge is 2.38. The molecule has 1 aliphatic carbocycles. The summed E-state index contributed by atoms with van der Waals surface area (Å²) in [7, 11) is 0. The Bertz CT molecular complexity index is 369. The third kappa shape index (κ3) is 4.85. The second-order valence-corrected chi connectivity index (χ2v) is 8.55. The molecule has 1 saturated carbocycles. The second-order valence-electron chi connectivity index (χ2n) is 7.38. The van der Waals surface area contributed by atoms with Crippen LogP contribution in [0.2, 0.25) is 0 Å². The summed E-state index contributed by atoms with van der Waals surface area (Å²) in [6.45, 7) is 9.22. The lowest BCUT2D eigenvalue weighted by atomic mass is 9.88. The van der Waals surface area contributed by atoms with Gasteiger partial charge >= 0.3 is 6.09 Å². The lowest BCUT2D eigenvalue weighted by molar-refractivity contribution is -0.0491. The summed E-state index contributed by atoms with van der Waals surface area (Å²) in [6.07, 6.45) is 5.13. The molecule has 0 radical (unpaired) electrons. The predicted molar refractivity (Wildman–Crippen MR) is 86.8 cm³/mol. The van der Waals surface area contributed by atoms with E-state index in [-0.39, 0.29) is 17.0 Å². The van der Waals surface area contributed by atoms with Crippen LogP contribution >= 0.6 is 15.9 Å². The smallest absolute Gasteiger partial charge is 0.410 e. The summed E-state index contributed by atoms with van der Waals surface area (Å²) in [4.78, 5) is 14.1. The van der Waals surface area contributed by atoms with Crippen molar-refractivity contribution in [1.82, 2.24) is 4.90 Å². The molecule has 0 aromatic heterocycles. The average molecular weight is 362 g/mol. The van der Waals surface area contributed by atoms with Crippen molar-refractivity contribution < 1.29 is 14.3 Å². The fourth-order valence-corrected chi connectivity index (χ4v) is 3.69. The predicted octanol–water partition coefficient (Wildman–Crippen LogP) is 3.96. The molecule has 122 valence electrons. The molecule has 1 amide bonds. The summed E-state index contributed by atoms with van der Waals surface area (Å²) >= 11 is 3.67. The minimum absolute atomic E-state index is 0.0723. The molecule has 21 heavy (non-hydrogen) atoms. The number of carbonyl (C=O) groups excluding carboxylic acids is 1. The van der Waals surface area contributed by atoms with Crippen molar-refractivity contribution >= 4 is 22.0 Å². The number of rotatable bonds is 2. The molecule has 4 nitrogen and oxygen atoms in total. The van der Waals surface area contributed by atoms with Crippen LogP contribution < -0.4 is 0 Å². The van der Waals surface area contributed by atoms with Gasteiger partial charge in [-0.25, -0.2) is 4.79 Å². The van der Waals surface area contributed by atoms with Crippen LogP contribution in [-0.4, -0.2) is 46.7 Å². The number of carbonyl (C=O) groups is 1. The van der Waals surface area contributed by atoms with Gasteiger partial charge in [0, 0.05) is 6.54 Å². The van der Waals surface area contributed by atoms with Crippen molar-refractivity contribution in [3.63, 3.8) is 0 Å². The van der Waals surface area contributed by atoms with E-state index < -0.39 is 5.60 Å². The van der Waals surface area contributed by atoms with Crippen LogP contribution in [0, 0.1) is 5.92 Å². The molecule has 1 saturated heterocycles. The molecule has 0 bridgehead atoms. The van der Waals surface area contributed by atoms with Gasteiger partial charge in [-0.2, -0.15) is 0 Å². The molecule has 2 aliphatic rings. The number of amides is 1. The Kier molecular flexibility index (Phi) is 5.58. The molecular formula is C16H28BrNO3. The van der Waals surface area contributed by atoms with Gasteiger partial charge in [0.25, 0.3) is 0 Å². The minimum atomic E-state index is -0.449. The van der Waals surface area contributed by atoms with E-state index in [1.165, 1.54) is 19.3 Å². The van der Waals surface area contributed by atoms with Crippen LogP contribution in [0.1, 0.15) is 53.4 Å². The first kappa shape index (κ1) is 17.1. The Balaban J connectivity index is 1.87. The van der Waals surface area contributed by atoms with Crippen LogP contribution in [0.5, 0.6) is 0 Å². The number of hydrogen-bond donors (Lipinski definition) is 0. The summed E-state index contributed by atoms with van der Waals surface area (Å²) in [5, 5.41) is 0. The number of nitrogens with zero attached hydrogens (tertiary/aromatic N) is 1. The molecule has 0 N–H and O–H groups in total. The largest absolute Gasteiger partial charge is 0.444 e. The standard InChI is InChI=1S/C16H28BrNO3/c1-11-7-5-6-8-13(11)20-14-10-18(9-12(14)17)15(19)21-16(2,3)4/h11-14H,5-10H2,1-4H3. The Morgan fingerprint density at radius 2 is 1.81 bits per heavy atom. The third-order valence-corrected chi connectivity index (χ3v) is 5.11. The Hall–Kier alpha value is -0.290. The monoisotopic (exact) mass is 361 g/mol. The van der Waals surface area contributed by atoms with Crippen molar-refractivity contribution in [2.24, 2.45) is 5.92 Å². The van der Waals surface area contributed by atoms with Crippen molar-refractivity contribution in [1.29, 1.82) is 0 Å². The topological polar surface area (TPSA) is 38.8 Å². The van der Waals surface area contributed by atoms with E-state index in [0.29, 0.717) is 25.1 Å². The first-order valence-electron chi connectivity index (χ1n) is 8.04. The third-order valence-electron chi connectivity index (χ3n) is 4.23. The van der Waals surface area contributed by atoms with E-state index in [1.807, 2.05) is 20.8 Å².